The zero-order chi connectivity index (χ0) is 22.1. The lowest BCUT2D eigenvalue weighted by Gasteiger charge is -2.32. The number of amides is 1. The van der Waals surface area contributed by atoms with Gasteiger partial charge in [0, 0.05) is 23.1 Å². The minimum absolute atomic E-state index is 0.0454. The van der Waals surface area contributed by atoms with Crippen LogP contribution in [0.15, 0.2) is 54.6 Å². The Morgan fingerprint density at radius 1 is 0.968 bits per heavy atom. The van der Waals surface area contributed by atoms with Crippen molar-refractivity contribution in [1.82, 2.24) is 0 Å². The van der Waals surface area contributed by atoms with Crippen LogP contribution < -0.4 is 9.64 Å². The third kappa shape index (κ3) is 3.77. The van der Waals surface area contributed by atoms with Crippen molar-refractivity contribution in [3.63, 3.8) is 0 Å². The molecule has 3 aromatic rings. The minimum atomic E-state index is -0.451. The van der Waals surface area contributed by atoms with Crippen LogP contribution in [0.1, 0.15) is 27.9 Å². The van der Waals surface area contributed by atoms with Gasteiger partial charge in [0.25, 0.3) is 0 Å². The molecule has 5 nitrogen and oxygen atoms in total. The highest BCUT2D eigenvalue weighted by Gasteiger charge is 2.30. The van der Waals surface area contributed by atoms with Gasteiger partial charge in [0.05, 0.1) is 31.2 Å². The summed E-state index contributed by atoms with van der Waals surface area (Å²) in [5, 5.41) is 0.630. The highest BCUT2D eigenvalue weighted by atomic mass is 35.5. The van der Waals surface area contributed by atoms with Gasteiger partial charge < -0.3 is 9.47 Å². The number of aryl methyl sites for hydroxylation is 1. The summed E-state index contributed by atoms with van der Waals surface area (Å²) in [7, 11) is 2.93. The van der Waals surface area contributed by atoms with E-state index in [9.17, 15) is 9.59 Å². The summed E-state index contributed by atoms with van der Waals surface area (Å²) in [5.74, 6) is 0.124. The van der Waals surface area contributed by atoms with E-state index in [2.05, 4.69) is 0 Å². The number of carbonyl (C=O) groups is 2. The summed E-state index contributed by atoms with van der Waals surface area (Å²) in [6.45, 7) is 1.91. The number of hydrogen-bond donors (Lipinski definition) is 0. The maximum atomic E-state index is 13.1. The number of halogens is 1. The van der Waals surface area contributed by atoms with Gasteiger partial charge in [-0.25, -0.2) is 4.79 Å². The molecule has 0 aromatic heterocycles. The van der Waals surface area contributed by atoms with Gasteiger partial charge in [0.15, 0.2) is 0 Å². The Kier molecular flexibility index (Phi) is 5.70. The molecule has 31 heavy (non-hydrogen) atoms. The van der Waals surface area contributed by atoms with Gasteiger partial charge in [0.1, 0.15) is 5.75 Å². The van der Waals surface area contributed by atoms with Crippen molar-refractivity contribution in [3.05, 3.63) is 76.3 Å². The summed E-state index contributed by atoms with van der Waals surface area (Å²) in [5.41, 5.74) is 5.46. The van der Waals surface area contributed by atoms with Gasteiger partial charge in [-0.15, -0.1) is 0 Å². The minimum Gasteiger partial charge on any atom is -0.497 e. The van der Waals surface area contributed by atoms with E-state index in [-0.39, 0.29) is 5.91 Å². The lowest BCUT2D eigenvalue weighted by atomic mass is 9.90. The monoisotopic (exact) mass is 435 g/mol. The number of fused-ring (bicyclic) bond motifs is 1. The number of ether oxygens (including phenoxy) is 2. The molecule has 3 aromatic carbocycles. The number of rotatable bonds is 4. The van der Waals surface area contributed by atoms with E-state index in [4.69, 9.17) is 21.1 Å². The summed E-state index contributed by atoms with van der Waals surface area (Å²) in [6, 6.07) is 16.6. The molecule has 0 spiro atoms. The molecule has 0 bridgehead atoms. The Hall–Kier alpha value is -3.31. The average Bonchev–Trinajstić information content (AvgIpc) is 2.78. The lowest BCUT2D eigenvalue weighted by Crippen LogP contribution is -2.32. The van der Waals surface area contributed by atoms with Crippen LogP contribution in [0.2, 0.25) is 5.02 Å². The molecule has 0 saturated carbocycles. The SMILES string of the molecule is COC(=O)c1ccc(C)c(N2C(=O)CCc3c(-c4ccccc4Cl)cc(OC)cc32)c1. The molecule has 0 fully saturated rings. The van der Waals surface area contributed by atoms with E-state index in [0.29, 0.717) is 34.9 Å². The first-order chi connectivity index (χ1) is 14.9. The number of carbonyl (C=O) groups excluding carboxylic acids is 2. The van der Waals surface area contributed by atoms with Crippen molar-refractivity contribution in [3.8, 4) is 16.9 Å². The molecule has 1 aliphatic heterocycles. The maximum absolute atomic E-state index is 13.1. The zero-order valence-corrected chi connectivity index (χ0v) is 18.3. The summed E-state index contributed by atoms with van der Waals surface area (Å²) < 4.78 is 10.4. The second-order valence-corrected chi connectivity index (χ2v) is 7.78. The quantitative estimate of drug-likeness (QED) is 0.491. The molecule has 0 aliphatic carbocycles. The topological polar surface area (TPSA) is 55.8 Å². The van der Waals surface area contributed by atoms with Crippen LogP contribution in [0.25, 0.3) is 11.1 Å². The molecule has 6 heteroatoms. The fourth-order valence-corrected chi connectivity index (χ4v) is 4.21. The predicted octanol–water partition coefficient (Wildman–Crippen LogP) is 5.72. The van der Waals surface area contributed by atoms with Crippen molar-refractivity contribution >= 4 is 34.9 Å². The second-order valence-electron chi connectivity index (χ2n) is 7.37. The number of benzene rings is 3. The third-order valence-electron chi connectivity index (χ3n) is 5.55. The highest BCUT2D eigenvalue weighted by Crippen LogP contribution is 2.44. The molecule has 0 saturated heterocycles. The van der Waals surface area contributed by atoms with Crippen molar-refractivity contribution in [2.45, 2.75) is 19.8 Å². The van der Waals surface area contributed by atoms with E-state index in [1.807, 2.05) is 49.4 Å². The molecule has 1 aliphatic rings. The molecule has 0 radical (unpaired) electrons. The normalized spacial score (nSPS) is 13.0. The Labute approximate surface area is 186 Å². The molecular formula is C25H22ClNO4. The van der Waals surface area contributed by atoms with Gasteiger partial charge in [0.2, 0.25) is 5.91 Å². The van der Waals surface area contributed by atoms with Crippen LogP contribution in [0.5, 0.6) is 5.75 Å². The number of nitrogens with zero attached hydrogens (tertiary/aromatic N) is 1. The van der Waals surface area contributed by atoms with E-state index in [1.54, 1.807) is 24.1 Å². The molecule has 158 valence electrons. The Balaban J connectivity index is 1.96. The first-order valence-corrected chi connectivity index (χ1v) is 10.3. The number of hydrogen-bond acceptors (Lipinski definition) is 4. The highest BCUT2D eigenvalue weighted by molar-refractivity contribution is 6.33. The fourth-order valence-electron chi connectivity index (χ4n) is 3.97. The molecule has 1 heterocycles. The molecule has 4 rings (SSSR count). The molecular weight excluding hydrogens is 414 g/mol. The van der Waals surface area contributed by atoms with Crippen LogP contribution in [0.4, 0.5) is 11.4 Å². The lowest BCUT2D eigenvalue weighted by molar-refractivity contribution is -0.118. The molecule has 0 atom stereocenters. The van der Waals surface area contributed by atoms with Crippen molar-refractivity contribution in [2.24, 2.45) is 0 Å². The van der Waals surface area contributed by atoms with Crippen LogP contribution in [-0.4, -0.2) is 26.1 Å². The zero-order valence-electron chi connectivity index (χ0n) is 17.6. The van der Waals surface area contributed by atoms with Crippen LogP contribution >= 0.6 is 11.6 Å². The number of esters is 1. The van der Waals surface area contributed by atoms with E-state index in [1.165, 1.54) is 7.11 Å². The standard InChI is InChI=1S/C25H22ClNO4/c1-15-8-9-16(25(29)31-3)12-22(15)27-23-14-17(30-2)13-20(19(23)10-11-24(27)28)18-6-4-5-7-21(18)26/h4-9,12-14H,10-11H2,1-3H3. The Morgan fingerprint density at radius 3 is 2.45 bits per heavy atom. The number of anilines is 2. The smallest absolute Gasteiger partial charge is 0.337 e. The predicted molar refractivity (Wildman–Crippen MR) is 121 cm³/mol. The molecule has 0 unspecified atom stereocenters. The van der Waals surface area contributed by atoms with Crippen LogP contribution in [0, 0.1) is 6.92 Å². The van der Waals surface area contributed by atoms with E-state index in [0.717, 1.165) is 27.9 Å². The number of methoxy groups -OCH3 is 2. The van der Waals surface area contributed by atoms with Crippen LogP contribution in [0.3, 0.4) is 0 Å². The molecule has 1 amide bonds. The maximum Gasteiger partial charge on any atom is 0.337 e. The van der Waals surface area contributed by atoms with Gasteiger partial charge in [-0.1, -0.05) is 35.9 Å². The molecule has 0 N–H and O–H groups in total. The van der Waals surface area contributed by atoms with Gasteiger partial charge in [-0.2, -0.15) is 0 Å². The van der Waals surface area contributed by atoms with Crippen LogP contribution in [-0.2, 0) is 16.0 Å². The Bertz CT molecular complexity index is 1190. The Morgan fingerprint density at radius 2 is 1.74 bits per heavy atom. The summed E-state index contributed by atoms with van der Waals surface area (Å²) in [6.07, 6.45) is 0.934. The average molecular weight is 436 g/mol. The first kappa shape index (κ1) is 20.9. The van der Waals surface area contributed by atoms with E-state index >= 15 is 0 Å². The van der Waals surface area contributed by atoms with E-state index < -0.39 is 5.97 Å². The largest absolute Gasteiger partial charge is 0.497 e. The first-order valence-electron chi connectivity index (χ1n) is 9.92. The summed E-state index contributed by atoms with van der Waals surface area (Å²) >= 11 is 6.50. The van der Waals surface area contributed by atoms with Crippen molar-refractivity contribution < 1.29 is 19.1 Å². The second kappa shape index (κ2) is 8.44. The van der Waals surface area contributed by atoms with Crippen molar-refractivity contribution in [2.75, 3.05) is 19.1 Å². The van der Waals surface area contributed by atoms with Gasteiger partial charge >= 0.3 is 5.97 Å². The van der Waals surface area contributed by atoms with Crippen molar-refractivity contribution in [1.29, 1.82) is 0 Å². The van der Waals surface area contributed by atoms with Gasteiger partial charge in [-0.3, -0.25) is 9.69 Å². The third-order valence-corrected chi connectivity index (χ3v) is 5.88. The summed E-state index contributed by atoms with van der Waals surface area (Å²) in [4.78, 5) is 26.9. The fraction of sp³-hybridized carbons (Fsp3) is 0.200. The van der Waals surface area contributed by atoms with Gasteiger partial charge in [-0.05, 0) is 54.3 Å².